The van der Waals surface area contributed by atoms with Gasteiger partial charge >= 0.3 is 0 Å². The molecule has 0 radical (unpaired) electrons. The molecule has 3 fully saturated rings. The van der Waals surface area contributed by atoms with Gasteiger partial charge in [0.15, 0.2) is 5.76 Å². The lowest BCUT2D eigenvalue weighted by Crippen LogP contribution is -2.56. The van der Waals surface area contributed by atoms with Gasteiger partial charge in [-0.25, -0.2) is 4.98 Å². The number of amides is 1. The second-order valence-electron chi connectivity index (χ2n) is 10.6. The molecule has 190 valence electrons. The van der Waals surface area contributed by atoms with E-state index in [0.29, 0.717) is 46.9 Å². The number of hydrogen-bond donors (Lipinski definition) is 3. The summed E-state index contributed by atoms with van der Waals surface area (Å²) in [7, 11) is 0. The summed E-state index contributed by atoms with van der Waals surface area (Å²) in [6.07, 6.45) is 8.77. The fourth-order valence-electron chi connectivity index (χ4n) is 6.44. The standard InChI is InChI=1S/C29H32N6O2/c30-15-18-5-11-22(12-6-18)35-17-19-13-25(26(35)14-19)33-23-3-1-2-4-24(23)34-29-32-16-27(37-29)20-7-9-21(10-8-20)28(31)36/h5-12,16,19,23-26,33H,1-4,13-14,17H2,(H2,31,36)(H,32,34)/t19-,23-,24-,25+,26-/m1/s1. The lowest BCUT2D eigenvalue weighted by molar-refractivity contribution is 0.100. The molecule has 2 saturated carbocycles. The molecule has 1 aromatic heterocycles. The van der Waals surface area contributed by atoms with Crippen molar-refractivity contribution in [3.05, 3.63) is 65.9 Å². The van der Waals surface area contributed by atoms with Gasteiger partial charge in [0, 0.05) is 47.5 Å². The zero-order chi connectivity index (χ0) is 25.4. The molecule has 6 rings (SSSR count). The summed E-state index contributed by atoms with van der Waals surface area (Å²) in [5.41, 5.74) is 8.59. The van der Waals surface area contributed by atoms with E-state index in [2.05, 4.69) is 38.7 Å². The van der Waals surface area contributed by atoms with Crippen molar-refractivity contribution < 1.29 is 9.21 Å². The molecular formula is C29H32N6O2. The Balaban J connectivity index is 1.12. The number of piperidine rings is 1. The molecule has 5 atom stereocenters. The molecule has 1 aliphatic heterocycles. The highest BCUT2D eigenvalue weighted by Crippen LogP contribution is 2.41. The van der Waals surface area contributed by atoms with Crippen LogP contribution in [-0.2, 0) is 0 Å². The Morgan fingerprint density at radius 2 is 1.78 bits per heavy atom. The number of nitrogens with zero attached hydrogens (tertiary/aromatic N) is 3. The number of rotatable bonds is 7. The Morgan fingerprint density at radius 1 is 1.03 bits per heavy atom. The Kier molecular flexibility index (Phi) is 6.31. The van der Waals surface area contributed by atoms with E-state index in [4.69, 9.17) is 15.4 Å². The molecular weight excluding hydrogens is 464 g/mol. The Bertz CT molecular complexity index is 1300. The minimum atomic E-state index is -0.446. The average molecular weight is 497 g/mol. The molecule has 8 heteroatoms. The molecule has 4 N–H and O–H groups in total. The van der Waals surface area contributed by atoms with E-state index in [-0.39, 0.29) is 6.04 Å². The molecule has 1 saturated heterocycles. The highest BCUT2D eigenvalue weighted by Gasteiger charge is 2.46. The van der Waals surface area contributed by atoms with Crippen LogP contribution in [0.1, 0.15) is 54.4 Å². The van der Waals surface area contributed by atoms with Crippen molar-refractivity contribution in [1.29, 1.82) is 5.26 Å². The first-order valence-corrected chi connectivity index (χ1v) is 13.2. The third kappa shape index (κ3) is 4.79. The van der Waals surface area contributed by atoms with Crippen LogP contribution < -0.4 is 21.3 Å². The van der Waals surface area contributed by atoms with E-state index < -0.39 is 5.91 Å². The topological polar surface area (TPSA) is 120 Å². The van der Waals surface area contributed by atoms with Crippen molar-refractivity contribution in [3.63, 3.8) is 0 Å². The highest BCUT2D eigenvalue weighted by molar-refractivity contribution is 5.93. The molecule has 0 unspecified atom stereocenters. The molecule has 0 spiro atoms. The van der Waals surface area contributed by atoms with Crippen LogP contribution in [0.15, 0.2) is 59.1 Å². The van der Waals surface area contributed by atoms with Crippen LogP contribution in [0.25, 0.3) is 11.3 Å². The van der Waals surface area contributed by atoms with Crippen molar-refractivity contribution in [2.24, 2.45) is 11.7 Å². The van der Waals surface area contributed by atoms with Crippen molar-refractivity contribution in [3.8, 4) is 17.4 Å². The summed E-state index contributed by atoms with van der Waals surface area (Å²) >= 11 is 0. The van der Waals surface area contributed by atoms with Crippen molar-refractivity contribution in [1.82, 2.24) is 10.3 Å². The predicted molar refractivity (Wildman–Crippen MR) is 142 cm³/mol. The van der Waals surface area contributed by atoms with E-state index >= 15 is 0 Å². The van der Waals surface area contributed by atoms with Crippen LogP contribution in [0, 0.1) is 17.2 Å². The third-order valence-corrected chi connectivity index (χ3v) is 8.27. The molecule has 2 aliphatic carbocycles. The van der Waals surface area contributed by atoms with Gasteiger partial charge in [0.1, 0.15) is 0 Å². The zero-order valence-corrected chi connectivity index (χ0v) is 20.8. The number of carbonyl (C=O) groups is 1. The first kappa shape index (κ1) is 23.6. The Hall–Kier alpha value is -3.83. The quantitative estimate of drug-likeness (QED) is 0.446. The first-order valence-electron chi connectivity index (χ1n) is 13.2. The average Bonchev–Trinajstić information content (AvgIpc) is 3.66. The fourth-order valence-corrected chi connectivity index (χ4v) is 6.44. The summed E-state index contributed by atoms with van der Waals surface area (Å²) in [4.78, 5) is 18.4. The molecule has 8 nitrogen and oxygen atoms in total. The summed E-state index contributed by atoms with van der Waals surface area (Å²) in [6, 6.07) is 19.3. The zero-order valence-electron chi connectivity index (χ0n) is 20.8. The number of aromatic nitrogens is 1. The van der Waals surface area contributed by atoms with Gasteiger partial charge in [-0.05, 0) is 68.0 Å². The number of benzene rings is 2. The van der Waals surface area contributed by atoms with Crippen LogP contribution in [-0.4, -0.2) is 41.6 Å². The first-order chi connectivity index (χ1) is 18.1. The van der Waals surface area contributed by atoms with Gasteiger partial charge in [0.2, 0.25) is 5.91 Å². The third-order valence-electron chi connectivity index (χ3n) is 8.27. The van der Waals surface area contributed by atoms with Crippen LogP contribution in [0.4, 0.5) is 11.7 Å². The predicted octanol–water partition coefficient (Wildman–Crippen LogP) is 4.29. The van der Waals surface area contributed by atoms with Gasteiger partial charge in [0.05, 0.1) is 17.8 Å². The molecule has 1 amide bonds. The summed E-state index contributed by atoms with van der Waals surface area (Å²) in [5, 5.41) is 16.7. The number of carbonyl (C=O) groups excluding carboxylic acids is 1. The van der Waals surface area contributed by atoms with Crippen molar-refractivity contribution in [2.45, 2.75) is 62.7 Å². The van der Waals surface area contributed by atoms with E-state index in [0.717, 1.165) is 24.9 Å². The second-order valence-corrected chi connectivity index (χ2v) is 10.6. The highest BCUT2D eigenvalue weighted by atomic mass is 16.4. The number of hydrogen-bond acceptors (Lipinski definition) is 7. The molecule has 3 aromatic rings. The maximum atomic E-state index is 11.3. The smallest absolute Gasteiger partial charge is 0.295 e. The van der Waals surface area contributed by atoms with E-state index in [1.54, 1.807) is 18.3 Å². The van der Waals surface area contributed by atoms with Gasteiger partial charge in [-0.15, -0.1) is 0 Å². The van der Waals surface area contributed by atoms with Gasteiger partial charge in [-0.2, -0.15) is 5.26 Å². The number of fused-ring (bicyclic) bond motifs is 2. The number of nitriles is 1. The van der Waals surface area contributed by atoms with E-state index in [9.17, 15) is 4.79 Å². The fraction of sp³-hybridized carbons (Fsp3) is 0.414. The molecule has 2 heterocycles. The number of nitrogens with two attached hydrogens (primary N) is 1. The van der Waals surface area contributed by atoms with Crippen LogP contribution >= 0.6 is 0 Å². The van der Waals surface area contributed by atoms with Gasteiger partial charge < -0.3 is 25.7 Å². The van der Waals surface area contributed by atoms with Gasteiger partial charge in [0.25, 0.3) is 6.01 Å². The normalized spacial score (nSPS) is 26.7. The minimum absolute atomic E-state index is 0.250. The number of oxazole rings is 1. The van der Waals surface area contributed by atoms with Gasteiger partial charge in [-0.3, -0.25) is 4.79 Å². The summed E-state index contributed by atoms with van der Waals surface area (Å²) in [6.45, 7) is 1.10. The lowest BCUT2D eigenvalue weighted by Gasteiger charge is -2.40. The van der Waals surface area contributed by atoms with E-state index in [1.165, 1.54) is 31.4 Å². The van der Waals surface area contributed by atoms with Crippen LogP contribution in [0.3, 0.4) is 0 Å². The van der Waals surface area contributed by atoms with Crippen molar-refractivity contribution in [2.75, 3.05) is 16.8 Å². The molecule has 3 aliphatic rings. The molecule has 2 bridgehead atoms. The Labute approximate surface area is 216 Å². The Morgan fingerprint density at radius 3 is 2.49 bits per heavy atom. The molecule has 2 aromatic carbocycles. The minimum Gasteiger partial charge on any atom is -0.424 e. The van der Waals surface area contributed by atoms with Crippen LogP contribution in [0.2, 0.25) is 0 Å². The summed E-state index contributed by atoms with van der Waals surface area (Å²) < 4.78 is 6.04. The maximum Gasteiger partial charge on any atom is 0.295 e. The van der Waals surface area contributed by atoms with Crippen molar-refractivity contribution >= 4 is 17.6 Å². The monoisotopic (exact) mass is 496 g/mol. The number of primary amides is 1. The van der Waals surface area contributed by atoms with Gasteiger partial charge in [-0.1, -0.05) is 25.0 Å². The lowest BCUT2D eigenvalue weighted by atomic mass is 9.89. The second kappa shape index (κ2) is 9.91. The van der Waals surface area contributed by atoms with E-state index in [1.807, 2.05) is 24.3 Å². The van der Waals surface area contributed by atoms with Crippen LogP contribution in [0.5, 0.6) is 0 Å². The molecule has 37 heavy (non-hydrogen) atoms. The maximum absolute atomic E-state index is 11.3. The largest absolute Gasteiger partial charge is 0.424 e. The number of nitrogens with one attached hydrogen (secondary N) is 2. The SMILES string of the molecule is N#Cc1ccc(N2C[C@@H]3C[C@H](N[C@@H]4CCCC[C@H]4Nc4ncc(-c5ccc(C(N)=O)cc5)o4)[C@H]2C3)cc1. The number of anilines is 2. The summed E-state index contributed by atoms with van der Waals surface area (Å²) in [5.74, 6) is 0.922.